The van der Waals surface area contributed by atoms with Gasteiger partial charge in [-0.25, -0.2) is 4.68 Å². The van der Waals surface area contributed by atoms with Crippen LogP contribution in [-0.2, 0) is 17.9 Å². The Morgan fingerprint density at radius 3 is 2.39 bits per heavy atom. The lowest BCUT2D eigenvalue weighted by molar-refractivity contribution is -0.133. The van der Waals surface area contributed by atoms with Gasteiger partial charge in [-0.15, -0.1) is 5.10 Å². The first-order chi connectivity index (χ1) is 13.6. The number of carbonyl (C=O) groups excluding carboxylic acids is 1. The number of piperidine rings is 1. The third-order valence-corrected chi connectivity index (χ3v) is 5.28. The van der Waals surface area contributed by atoms with Crippen LogP contribution in [0.25, 0.3) is 0 Å². The number of fused-ring (bicyclic) bond motifs is 1. The minimum absolute atomic E-state index is 0.173. The maximum atomic E-state index is 12.5. The zero-order valence-electron chi connectivity index (χ0n) is 15.8. The van der Waals surface area contributed by atoms with Gasteiger partial charge in [-0.2, -0.15) is 0 Å². The first-order valence-electron chi connectivity index (χ1n) is 9.50. The molecule has 9 nitrogen and oxygen atoms in total. The molecular weight excluding hydrogens is 362 g/mol. The number of hydrogen-bond donors (Lipinski definition) is 0. The van der Waals surface area contributed by atoms with Crippen LogP contribution in [0, 0.1) is 0 Å². The molecule has 2 aliphatic heterocycles. The summed E-state index contributed by atoms with van der Waals surface area (Å²) in [7, 11) is 1.60. The van der Waals surface area contributed by atoms with Crippen molar-refractivity contribution in [1.82, 2.24) is 19.2 Å². The van der Waals surface area contributed by atoms with Crippen molar-refractivity contribution >= 4 is 17.5 Å². The van der Waals surface area contributed by atoms with E-state index in [-0.39, 0.29) is 12.5 Å². The third kappa shape index (κ3) is 3.28. The first kappa shape index (κ1) is 18.3. The number of amides is 1. The van der Waals surface area contributed by atoms with Crippen LogP contribution in [0.3, 0.4) is 0 Å². The molecule has 1 aromatic carbocycles. The summed E-state index contributed by atoms with van der Waals surface area (Å²) in [6.45, 7) is 2.07. The number of likely N-dealkylation sites (tertiary alicyclic amines) is 1. The van der Waals surface area contributed by atoms with Gasteiger partial charge in [0.15, 0.2) is 0 Å². The number of hydrogen-bond acceptors (Lipinski definition) is 6. The lowest BCUT2D eigenvalue weighted by Gasteiger charge is -2.26. The Labute approximate surface area is 161 Å². The maximum absolute atomic E-state index is 12.5. The zero-order valence-corrected chi connectivity index (χ0v) is 15.8. The van der Waals surface area contributed by atoms with E-state index in [0.717, 1.165) is 35.4 Å². The van der Waals surface area contributed by atoms with Gasteiger partial charge < -0.3 is 14.5 Å². The largest absolute Gasteiger partial charge is 0.497 e. The molecule has 1 saturated heterocycles. The molecule has 1 amide bonds. The van der Waals surface area contributed by atoms with E-state index in [1.165, 1.54) is 4.57 Å². The summed E-state index contributed by atoms with van der Waals surface area (Å²) in [4.78, 5) is 41.1. The van der Waals surface area contributed by atoms with Crippen LogP contribution in [0.1, 0.15) is 19.3 Å². The summed E-state index contributed by atoms with van der Waals surface area (Å²) >= 11 is 0. The molecule has 3 heterocycles. The number of anilines is 2. The minimum atomic E-state index is -0.759. The van der Waals surface area contributed by atoms with Gasteiger partial charge >= 0.3 is 11.1 Å². The SMILES string of the molecule is COc1ccc(N2CCn3c2nn(CC(=O)N2CCCCC2)c(=O)c3=O)cc1. The predicted molar refractivity (Wildman–Crippen MR) is 103 cm³/mol. The van der Waals surface area contributed by atoms with E-state index >= 15 is 0 Å². The molecule has 148 valence electrons. The van der Waals surface area contributed by atoms with Crippen molar-refractivity contribution in [3.63, 3.8) is 0 Å². The van der Waals surface area contributed by atoms with Crippen LogP contribution in [0.4, 0.5) is 11.6 Å². The molecule has 0 unspecified atom stereocenters. The van der Waals surface area contributed by atoms with Gasteiger partial charge in [-0.3, -0.25) is 19.0 Å². The lowest BCUT2D eigenvalue weighted by atomic mass is 10.1. The second-order valence-corrected chi connectivity index (χ2v) is 7.01. The van der Waals surface area contributed by atoms with Crippen LogP contribution in [0.5, 0.6) is 5.75 Å². The van der Waals surface area contributed by atoms with Gasteiger partial charge in [0.1, 0.15) is 12.3 Å². The van der Waals surface area contributed by atoms with E-state index < -0.39 is 11.1 Å². The lowest BCUT2D eigenvalue weighted by Crippen LogP contribution is -2.46. The fraction of sp³-hybridized carbons (Fsp3) is 0.474. The normalized spacial score (nSPS) is 16.2. The topological polar surface area (TPSA) is 89.7 Å². The Kier molecular flexibility index (Phi) is 4.89. The number of ether oxygens (including phenoxy) is 1. The standard InChI is InChI=1S/C19H23N5O4/c1-28-15-7-5-14(6-8-15)22-11-12-23-17(26)18(27)24(20-19(22)23)13-16(25)21-9-3-2-4-10-21/h5-8H,2-4,9-13H2,1H3. The molecule has 0 N–H and O–H groups in total. The molecule has 9 heteroatoms. The molecule has 0 radical (unpaired) electrons. The Hall–Kier alpha value is -3.10. The zero-order chi connectivity index (χ0) is 19.7. The van der Waals surface area contributed by atoms with Crippen molar-refractivity contribution < 1.29 is 9.53 Å². The van der Waals surface area contributed by atoms with Crippen molar-refractivity contribution in [2.45, 2.75) is 32.4 Å². The van der Waals surface area contributed by atoms with Gasteiger partial charge in [-0.1, -0.05) is 0 Å². The number of benzene rings is 1. The fourth-order valence-electron chi connectivity index (χ4n) is 3.71. The summed E-state index contributed by atoms with van der Waals surface area (Å²) in [5.41, 5.74) is -0.565. The van der Waals surface area contributed by atoms with Gasteiger partial charge in [0, 0.05) is 31.9 Å². The number of nitrogens with zero attached hydrogens (tertiary/aromatic N) is 5. The Bertz CT molecular complexity index is 989. The van der Waals surface area contributed by atoms with Gasteiger partial charge in [0.25, 0.3) is 0 Å². The summed E-state index contributed by atoms with van der Waals surface area (Å²) in [6.07, 6.45) is 3.04. The molecule has 1 aromatic heterocycles. The van der Waals surface area contributed by atoms with E-state index in [1.807, 2.05) is 29.2 Å². The van der Waals surface area contributed by atoms with Crippen LogP contribution in [0.2, 0.25) is 0 Å². The summed E-state index contributed by atoms with van der Waals surface area (Å²) < 4.78 is 7.56. The summed E-state index contributed by atoms with van der Waals surface area (Å²) in [5.74, 6) is 0.930. The Morgan fingerprint density at radius 1 is 1.00 bits per heavy atom. The molecule has 28 heavy (non-hydrogen) atoms. The highest BCUT2D eigenvalue weighted by molar-refractivity contribution is 5.76. The van der Waals surface area contributed by atoms with Crippen molar-refractivity contribution in [2.75, 3.05) is 31.6 Å². The average Bonchev–Trinajstić information content (AvgIpc) is 3.16. The van der Waals surface area contributed by atoms with Crippen LogP contribution in [0.15, 0.2) is 33.9 Å². The molecule has 0 aliphatic carbocycles. The number of carbonyl (C=O) groups is 1. The molecule has 0 spiro atoms. The minimum Gasteiger partial charge on any atom is -0.497 e. The Balaban J connectivity index is 1.65. The third-order valence-electron chi connectivity index (χ3n) is 5.28. The number of methoxy groups -OCH3 is 1. The molecular formula is C19H23N5O4. The first-order valence-corrected chi connectivity index (χ1v) is 9.50. The van der Waals surface area contributed by atoms with Crippen LogP contribution in [-0.4, -0.2) is 51.9 Å². The maximum Gasteiger partial charge on any atom is 0.333 e. The van der Waals surface area contributed by atoms with E-state index in [2.05, 4.69) is 5.10 Å². The molecule has 2 aliphatic rings. The van der Waals surface area contributed by atoms with Crippen molar-refractivity contribution in [1.29, 1.82) is 0 Å². The monoisotopic (exact) mass is 385 g/mol. The molecule has 4 rings (SSSR count). The molecule has 0 bridgehead atoms. The molecule has 1 fully saturated rings. The number of aromatic nitrogens is 3. The van der Waals surface area contributed by atoms with Crippen molar-refractivity contribution in [2.24, 2.45) is 0 Å². The van der Waals surface area contributed by atoms with E-state index in [1.54, 1.807) is 12.0 Å². The van der Waals surface area contributed by atoms with Crippen LogP contribution < -0.4 is 20.8 Å². The van der Waals surface area contributed by atoms with Gasteiger partial charge in [-0.05, 0) is 43.5 Å². The smallest absolute Gasteiger partial charge is 0.333 e. The predicted octanol–water partition coefficient (Wildman–Crippen LogP) is 0.578. The highest BCUT2D eigenvalue weighted by Gasteiger charge is 2.27. The van der Waals surface area contributed by atoms with Crippen molar-refractivity contribution in [3.8, 4) is 5.75 Å². The molecule has 2 aromatic rings. The molecule has 0 saturated carbocycles. The number of rotatable bonds is 4. The second-order valence-electron chi connectivity index (χ2n) is 7.01. The van der Waals surface area contributed by atoms with Gasteiger partial charge in [0.2, 0.25) is 11.9 Å². The Morgan fingerprint density at radius 2 is 1.71 bits per heavy atom. The van der Waals surface area contributed by atoms with E-state index in [0.29, 0.717) is 32.1 Å². The molecule has 0 atom stereocenters. The quantitative estimate of drug-likeness (QED) is 0.715. The van der Waals surface area contributed by atoms with Gasteiger partial charge in [0.05, 0.1) is 7.11 Å². The summed E-state index contributed by atoms with van der Waals surface area (Å²) in [6, 6.07) is 7.39. The average molecular weight is 385 g/mol. The van der Waals surface area contributed by atoms with Crippen molar-refractivity contribution in [3.05, 3.63) is 45.0 Å². The van der Waals surface area contributed by atoms with Crippen LogP contribution >= 0.6 is 0 Å². The highest BCUT2D eigenvalue weighted by Crippen LogP contribution is 2.27. The highest BCUT2D eigenvalue weighted by atomic mass is 16.5. The van der Waals surface area contributed by atoms with E-state index in [4.69, 9.17) is 4.74 Å². The summed E-state index contributed by atoms with van der Waals surface area (Å²) in [5, 5.41) is 4.36. The second kappa shape index (κ2) is 7.49. The fourth-order valence-corrected chi connectivity index (χ4v) is 3.71. The van der Waals surface area contributed by atoms with E-state index in [9.17, 15) is 14.4 Å².